The number of rotatable bonds is 7. The second-order valence-corrected chi connectivity index (χ2v) is 5.35. The summed E-state index contributed by atoms with van der Waals surface area (Å²) in [5, 5.41) is 3.18. The summed E-state index contributed by atoms with van der Waals surface area (Å²) in [7, 11) is 0. The molecule has 116 valence electrons. The van der Waals surface area contributed by atoms with E-state index in [-0.39, 0.29) is 6.10 Å². The van der Waals surface area contributed by atoms with E-state index in [1.807, 2.05) is 68.4 Å². The summed E-state index contributed by atoms with van der Waals surface area (Å²) in [6.07, 6.45) is -0.0772. The number of ether oxygens (including phenoxy) is 1. The zero-order valence-electron chi connectivity index (χ0n) is 13.0. The molecule has 4 nitrogen and oxygen atoms in total. The highest BCUT2D eigenvalue weighted by molar-refractivity contribution is 5.81. The average molecular weight is 298 g/mol. The minimum Gasteiger partial charge on any atom is -0.489 e. The van der Waals surface area contributed by atoms with E-state index in [0.717, 1.165) is 16.9 Å². The molecular weight excluding hydrogens is 276 g/mol. The van der Waals surface area contributed by atoms with Crippen LogP contribution in [-0.2, 0) is 4.79 Å². The molecule has 0 saturated heterocycles. The molecule has 0 unspecified atom stereocenters. The van der Waals surface area contributed by atoms with Crippen molar-refractivity contribution in [2.24, 2.45) is 5.73 Å². The maximum absolute atomic E-state index is 11.6. The summed E-state index contributed by atoms with van der Waals surface area (Å²) < 4.78 is 5.90. The van der Waals surface area contributed by atoms with Gasteiger partial charge >= 0.3 is 0 Å². The van der Waals surface area contributed by atoms with Crippen molar-refractivity contribution in [3.05, 3.63) is 65.7 Å². The van der Waals surface area contributed by atoms with Crippen LogP contribution in [0, 0.1) is 6.92 Å². The van der Waals surface area contributed by atoms with Crippen molar-refractivity contribution in [1.82, 2.24) is 5.32 Å². The molecule has 4 heteroatoms. The van der Waals surface area contributed by atoms with Gasteiger partial charge in [0.1, 0.15) is 17.9 Å². The fourth-order valence-corrected chi connectivity index (χ4v) is 2.26. The van der Waals surface area contributed by atoms with E-state index >= 15 is 0 Å². The average Bonchev–Trinajstić information content (AvgIpc) is 2.50. The van der Waals surface area contributed by atoms with Crippen LogP contribution < -0.4 is 15.8 Å². The molecular formula is C18H22N2O2. The number of amides is 1. The molecule has 0 aliphatic heterocycles. The van der Waals surface area contributed by atoms with Gasteiger partial charge in [0.2, 0.25) is 5.91 Å². The second-order valence-electron chi connectivity index (χ2n) is 5.35. The van der Waals surface area contributed by atoms with Crippen LogP contribution in [0.25, 0.3) is 0 Å². The lowest BCUT2D eigenvalue weighted by Crippen LogP contribution is -2.38. The number of nitrogens with one attached hydrogen (secondary N) is 1. The Kier molecular flexibility index (Phi) is 5.55. The largest absolute Gasteiger partial charge is 0.489 e. The van der Waals surface area contributed by atoms with E-state index < -0.39 is 11.9 Å². The normalized spacial score (nSPS) is 13.4. The number of carbonyl (C=O) groups is 1. The third kappa shape index (κ3) is 4.33. The Bertz CT molecular complexity index is 613. The third-order valence-corrected chi connectivity index (χ3v) is 3.45. The van der Waals surface area contributed by atoms with Crippen LogP contribution in [-0.4, -0.2) is 18.6 Å². The van der Waals surface area contributed by atoms with Crippen molar-refractivity contribution in [2.75, 3.05) is 6.54 Å². The van der Waals surface area contributed by atoms with E-state index in [1.165, 1.54) is 0 Å². The quantitative estimate of drug-likeness (QED) is 0.825. The van der Waals surface area contributed by atoms with Crippen LogP contribution in [0.2, 0.25) is 0 Å². The minimum atomic E-state index is -0.510. The Morgan fingerprint density at radius 1 is 1.14 bits per heavy atom. The molecule has 3 N–H and O–H groups in total. The standard InChI is InChI=1S/C18H22N2O2/c1-13-8-6-7-11-16(13)22-14(2)12-20-17(18(19)21)15-9-4-3-5-10-15/h3-11,14,17,20H,12H2,1-2H3,(H2,19,21)/t14-,17-/m0/s1. The molecule has 2 aromatic rings. The van der Waals surface area contributed by atoms with Crippen LogP contribution in [0.1, 0.15) is 24.1 Å². The lowest BCUT2D eigenvalue weighted by Gasteiger charge is -2.21. The van der Waals surface area contributed by atoms with Gasteiger partial charge in [0.15, 0.2) is 0 Å². The number of hydrogen-bond donors (Lipinski definition) is 2. The monoisotopic (exact) mass is 298 g/mol. The Balaban J connectivity index is 1.95. The zero-order valence-corrected chi connectivity index (χ0v) is 13.0. The summed E-state index contributed by atoms with van der Waals surface area (Å²) >= 11 is 0. The highest BCUT2D eigenvalue weighted by atomic mass is 16.5. The van der Waals surface area contributed by atoms with E-state index in [2.05, 4.69) is 5.32 Å². The van der Waals surface area contributed by atoms with Gasteiger partial charge in [-0.2, -0.15) is 0 Å². The first-order chi connectivity index (χ1) is 10.6. The predicted octanol–water partition coefficient (Wildman–Crippen LogP) is 2.58. The number of carbonyl (C=O) groups excluding carboxylic acids is 1. The Labute approximate surface area is 131 Å². The summed E-state index contributed by atoms with van der Waals surface area (Å²) in [5.41, 5.74) is 7.44. The molecule has 2 aromatic carbocycles. The van der Waals surface area contributed by atoms with Crippen LogP contribution in [0.3, 0.4) is 0 Å². The molecule has 0 bridgehead atoms. The fraction of sp³-hybridized carbons (Fsp3) is 0.278. The SMILES string of the molecule is Cc1ccccc1O[C@@H](C)CN[C@H](C(N)=O)c1ccccc1. The van der Waals surface area contributed by atoms with Crippen LogP contribution in [0.5, 0.6) is 5.75 Å². The molecule has 0 aromatic heterocycles. The minimum absolute atomic E-state index is 0.0772. The van der Waals surface area contributed by atoms with Crippen molar-refractivity contribution in [2.45, 2.75) is 26.0 Å². The van der Waals surface area contributed by atoms with Crippen molar-refractivity contribution in [3.8, 4) is 5.75 Å². The topological polar surface area (TPSA) is 64.3 Å². The summed E-state index contributed by atoms with van der Waals surface area (Å²) in [4.78, 5) is 11.6. The Morgan fingerprint density at radius 3 is 2.41 bits per heavy atom. The first-order valence-corrected chi connectivity index (χ1v) is 7.38. The Morgan fingerprint density at radius 2 is 1.77 bits per heavy atom. The summed E-state index contributed by atoms with van der Waals surface area (Å²) in [5.74, 6) is 0.460. The maximum Gasteiger partial charge on any atom is 0.239 e. The van der Waals surface area contributed by atoms with Gasteiger partial charge in [-0.25, -0.2) is 0 Å². The number of primary amides is 1. The zero-order chi connectivity index (χ0) is 15.9. The van der Waals surface area contributed by atoms with Gasteiger partial charge < -0.3 is 10.5 Å². The fourth-order valence-electron chi connectivity index (χ4n) is 2.26. The molecule has 2 rings (SSSR count). The van der Waals surface area contributed by atoms with E-state index in [1.54, 1.807) is 0 Å². The van der Waals surface area contributed by atoms with Crippen LogP contribution in [0.15, 0.2) is 54.6 Å². The van der Waals surface area contributed by atoms with E-state index in [0.29, 0.717) is 6.54 Å². The number of aryl methyl sites for hydroxylation is 1. The van der Waals surface area contributed by atoms with E-state index in [9.17, 15) is 4.79 Å². The van der Waals surface area contributed by atoms with Crippen molar-refractivity contribution < 1.29 is 9.53 Å². The first kappa shape index (κ1) is 16.0. The molecule has 0 spiro atoms. The van der Waals surface area contributed by atoms with Gasteiger partial charge in [-0.1, -0.05) is 48.5 Å². The molecule has 2 atom stereocenters. The molecule has 1 amide bonds. The number of nitrogens with two attached hydrogens (primary N) is 1. The molecule has 22 heavy (non-hydrogen) atoms. The first-order valence-electron chi connectivity index (χ1n) is 7.38. The van der Waals surface area contributed by atoms with Gasteiger partial charge in [0, 0.05) is 6.54 Å². The lowest BCUT2D eigenvalue weighted by molar-refractivity contribution is -0.120. The smallest absolute Gasteiger partial charge is 0.239 e. The highest BCUT2D eigenvalue weighted by Crippen LogP contribution is 2.18. The molecule has 0 radical (unpaired) electrons. The van der Waals surface area contributed by atoms with E-state index in [4.69, 9.17) is 10.5 Å². The molecule has 0 fully saturated rings. The van der Waals surface area contributed by atoms with Gasteiger partial charge in [0.05, 0.1) is 0 Å². The van der Waals surface area contributed by atoms with Gasteiger partial charge in [-0.3, -0.25) is 10.1 Å². The van der Waals surface area contributed by atoms with Crippen molar-refractivity contribution in [3.63, 3.8) is 0 Å². The highest BCUT2D eigenvalue weighted by Gasteiger charge is 2.18. The Hall–Kier alpha value is -2.33. The van der Waals surface area contributed by atoms with Crippen LogP contribution >= 0.6 is 0 Å². The van der Waals surface area contributed by atoms with Crippen molar-refractivity contribution >= 4 is 5.91 Å². The number of para-hydroxylation sites is 1. The van der Waals surface area contributed by atoms with Gasteiger partial charge in [0.25, 0.3) is 0 Å². The van der Waals surface area contributed by atoms with Crippen molar-refractivity contribution in [1.29, 1.82) is 0 Å². The third-order valence-electron chi connectivity index (χ3n) is 3.45. The number of benzene rings is 2. The molecule has 0 heterocycles. The van der Waals surface area contributed by atoms with Gasteiger partial charge in [-0.15, -0.1) is 0 Å². The maximum atomic E-state index is 11.6. The predicted molar refractivity (Wildman–Crippen MR) is 87.6 cm³/mol. The van der Waals surface area contributed by atoms with Crippen LogP contribution in [0.4, 0.5) is 0 Å². The lowest BCUT2D eigenvalue weighted by atomic mass is 10.1. The molecule has 0 aliphatic carbocycles. The summed E-state index contributed by atoms with van der Waals surface area (Å²) in [6, 6.07) is 16.8. The molecule has 0 aliphatic rings. The summed E-state index contributed by atoms with van der Waals surface area (Å²) in [6.45, 7) is 4.49. The number of hydrogen-bond acceptors (Lipinski definition) is 3. The second kappa shape index (κ2) is 7.61. The van der Waals surface area contributed by atoms with Gasteiger partial charge in [-0.05, 0) is 31.0 Å². The molecule has 0 saturated carbocycles.